The highest BCUT2D eigenvalue weighted by Gasteiger charge is 2.29. The third kappa shape index (κ3) is 5.96. The standard InChI is InChI=1S/C52H33NO2S2/c1-3-12-34(13-4-1)35-22-28-39(29-23-35)53(40-30-24-36(25-31-40)42-17-11-18-44-43-16-7-10-21-47(43)56-52(42)44)41-32-26-38(27-33-41)51-49-48(50(57-51)37-14-5-2-6-15-37)54-45-19-8-9-20-46(45)55-49/h1-33H. The third-order valence-corrected chi connectivity index (χ3v) is 13.1. The van der Waals surface area contributed by atoms with Crippen LogP contribution < -0.4 is 14.4 Å². The van der Waals surface area contributed by atoms with Gasteiger partial charge in [-0.05, 0) is 88.0 Å². The van der Waals surface area contributed by atoms with Gasteiger partial charge in [-0.3, -0.25) is 0 Å². The van der Waals surface area contributed by atoms with Crippen molar-refractivity contribution in [1.82, 2.24) is 0 Å². The maximum absolute atomic E-state index is 6.60. The fourth-order valence-corrected chi connectivity index (χ4v) is 10.2. The summed E-state index contributed by atoms with van der Waals surface area (Å²) in [5.74, 6) is 2.96. The highest BCUT2D eigenvalue weighted by atomic mass is 32.1. The number of ether oxygens (including phenoxy) is 2. The molecule has 8 aromatic carbocycles. The first-order valence-electron chi connectivity index (χ1n) is 19.0. The quantitative estimate of drug-likeness (QED) is 0.161. The lowest BCUT2D eigenvalue weighted by Gasteiger charge is -2.26. The van der Waals surface area contributed by atoms with Gasteiger partial charge in [0.15, 0.2) is 23.0 Å². The van der Waals surface area contributed by atoms with Gasteiger partial charge in [-0.1, -0.05) is 146 Å². The first-order valence-corrected chi connectivity index (χ1v) is 20.6. The molecule has 1 aliphatic heterocycles. The number of para-hydroxylation sites is 2. The summed E-state index contributed by atoms with van der Waals surface area (Å²) >= 11 is 3.56. The van der Waals surface area contributed by atoms with E-state index in [1.54, 1.807) is 11.3 Å². The van der Waals surface area contributed by atoms with Crippen molar-refractivity contribution in [2.24, 2.45) is 0 Å². The molecule has 270 valence electrons. The van der Waals surface area contributed by atoms with Crippen molar-refractivity contribution in [3.05, 3.63) is 200 Å². The Morgan fingerprint density at radius 3 is 1.40 bits per heavy atom. The van der Waals surface area contributed by atoms with E-state index in [-0.39, 0.29) is 0 Å². The molecule has 0 aliphatic carbocycles. The minimum absolute atomic E-state index is 0.720. The minimum atomic E-state index is 0.720. The number of hydrogen-bond donors (Lipinski definition) is 0. The molecule has 0 amide bonds. The molecule has 0 atom stereocenters. The number of benzene rings is 8. The Morgan fingerprint density at radius 1 is 0.333 bits per heavy atom. The molecule has 5 heteroatoms. The number of fused-ring (bicyclic) bond motifs is 5. The number of nitrogens with zero attached hydrogens (tertiary/aromatic N) is 1. The molecule has 0 radical (unpaired) electrons. The Morgan fingerprint density at radius 2 is 0.789 bits per heavy atom. The largest absolute Gasteiger partial charge is 0.448 e. The molecule has 0 fully saturated rings. The van der Waals surface area contributed by atoms with Crippen molar-refractivity contribution in [2.45, 2.75) is 0 Å². The number of anilines is 3. The van der Waals surface area contributed by atoms with Crippen molar-refractivity contribution in [1.29, 1.82) is 0 Å². The Hall–Kier alpha value is -6.92. The Balaban J connectivity index is 0.991. The summed E-state index contributed by atoms with van der Waals surface area (Å²) in [6, 6.07) is 70.8. The van der Waals surface area contributed by atoms with Gasteiger partial charge >= 0.3 is 0 Å². The van der Waals surface area contributed by atoms with Gasteiger partial charge in [-0.25, -0.2) is 0 Å². The zero-order chi connectivity index (χ0) is 37.7. The van der Waals surface area contributed by atoms with Crippen LogP contribution >= 0.6 is 22.7 Å². The van der Waals surface area contributed by atoms with E-state index in [0.29, 0.717) is 0 Å². The first-order chi connectivity index (χ1) is 28.2. The van der Waals surface area contributed by atoms with Crippen LogP contribution in [0.15, 0.2) is 200 Å². The highest BCUT2D eigenvalue weighted by Crippen LogP contribution is 2.59. The summed E-state index contributed by atoms with van der Waals surface area (Å²) in [6.07, 6.45) is 0. The average molecular weight is 768 g/mol. The van der Waals surface area contributed by atoms with E-state index >= 15 is 0 Å². The molecule has 0 bridgehead atoms. The maximum atomic E-state index is 6.60. The fourth-order valence-electron chi connectivity index (χ4n) is 7.80. The number of hydrogen-bond acceptors (Lipinski definition) is 5. The van der Waals surface area contributed by atoms with Crippen LogP contribution in [-0.4, -0.2) is 0 Å². The molecule has 0 spiro atoms. The molecule has 3 heterocycles. The fraction of sp³-hybridized carbons (Fsp3) is 0. The van der Waals surface area contributed by atoms with Gasteiger partial charge in [0.1, 0.15) is 0 Å². The van der Waals surface area contributed by atoms with E-state index in [0.717, 1.165) is 60.9 Å². The maximum Gasteiger partial charge on any atom is 0.189 e. The van der Waals surface area contributed by atoms with Crippen LogP contribution in [0.1, 0.15) is 0 Å². The molecule has 11 rings (SSSR count). The molecule has 0 unspecified atom stereocenters. The Kier molecular flexibility index (Phi) is 8.20. The van der Waals surface area contributed by atoms with Crippen molar-refractivity contribution < 1.29 is 9.47 Å². The van der Waals surface area contributed by atoms with Gasteiger partial charge in [0.2, 0.25) is 0 Å². The van der Waals surface area contributed by atoms with Crippen molar-refractivity contribution in [2.75, 3.05) is 4.90 Å². The SMILES string of the molecule is c1ccc(-c2ccc(N(c3ccc(-c4sc(-c5ccccc5)c5c4Oc4ccccc4O5)cc3)c3ccc(-c4cccc5c4sc4ccccc45)cc3)cc2)cc1. The first kappa shape index (κ1) is 33.4. The topological polar surface area (TPSA) is 21.7 Å². The van der Waals surface area contributed by atoms with Crippen molar-refractivity contribution in [3.63, 3.8) is 0 Å². The van der Waals surface area contributed by atoms with Crippen LogP contribution in [0.3, 0.4) is 0 Å². The molecule has 2 aromatic heterocycles. The van der Waals surface area contributed by atoms with E-state index in [2.05, 4.69) is 175 Å². The molecule has 10 aromatic rings. The summed E-state index contributed by atoms with van der Waals surface area (Å²) in [5, 5.41) is 2.62. The third-order valence-electron chi connectivity index (χ3n) is 10.6. The van der Waals surface area contributed by atoms with E-state index < -0.39 is 0 Å². The summed E-state index contributed by atoms with van der Waals surface area (Å²) in [7, 11) is 0. The van der Waals surface area contributed by atoms with Gasteiger partial charge in [0, 0.05) is 37.2 Å². The van der Waals surface area contributed by atoms with Crippen LogP contribution in [0.2, 0.25) is 0 Å². The smallest absolute Gasteiger partial charge is 0.189 e. The summed E-state index contributed by atoms with van der Waals surface area (Å²) in [6.45, 7) is 0. The van der Waals surface area contributed by atoms with Gasteiger partial charge in [0.05, 0.1) is 9.75 Å². The van der Waals surface area contributed by atoms with Gasteiger partial charge in [-0.2, -0.15) is 0 Å². The molecular formula is C52H33NO2S2. The van der Waals surface area contributed by atoms with E-state index in [4.69, 9.17) is 9.47 Å². The summed E-state index contributed by atoms with van der Waals surface area (Å²) in [4.78, 5) is 4.41. The summed E-state index contributed by atoms with van der Waals surface area (Å²) in [5.41, 5.74) is 10.2. The molecule has 0 N–H and O–H groups in total. The predicted octanol–water partition coefficient (Wildman–Crippen LogP) is 16.2. The van der Waals surface area contributed by atoms with Crippen LogP contribution in [0.4, 0.5) is 17.1 Å². The predicted molar refractivity (Wildman–Crippen MR) is 240 cm³/mol. The van der Waals surface area contributed by atoms with Gasteiger partial charge < -0.3 is 14.4 Å². The lowest BCUT2D eigenvalue weighted by atomic mass is 10.0. The summed E-state index contributed by atoms with van der Waals surface area (Å²) < 4.78 is 15.8. The molecule has 57 heavy (non-hydrogen) atoms. The second kappa shape index (κ2) is 14.0. The van der Waals surface area contributed by atoms with Crippen LogP contribution in [0.25, 0.3) is 63.3 Å². The van der Waals surface area contributed by atoms with Gasteiger partial charge in [-0.15, -0.1) is 22.7 Å². The monoisotopic (exact) mass is 767 g/mol. The van der Waals surface area contributed by atoms with Crippen LogP contribution in [0.5, 0.6) is 23.0 Å². The molecule has 3 nitrogen and oxygen atoms in total. The number of rotatable bonds is 7. The Labute approximate surface area is 338 Å². The molecule has 0 saturated carbocycles. The van der Waals surface area contributed by atoms with Crippen LogP contribution in [-0.2, 0) is 0 Å². The normalized spacial score (nSPS) is 11.8. The van der Waals surface area contributed by atoms with E-state index in [1.165, 1.54) is 42.4 Å². The van der Waals surface area contributed by atoms with Crippen LogP contribution in [0, 0.1) is 0 Å². The van der Waals surface area contributed by atoms with Crippen molar-refractivity contribution in [3.8, 4) is 66.1 Å². The highest BCUT2D eigenvalue weighted by molar-refractivity contribution is 7.26. The molecular weight excluding hydrogens is 735 g/mol. The lowest BCUT2D eigenvalue weighted by molar-refractivity contribution is 0.364. The molecule has 0 saturated heterocycles. The number of thiophene rings is 2. The lowest BCUT2D eigenvalue weighted by Crippen LogP contribution is -2.09. The Bertz CT molecular complexity index is 3040. The van der Waals surface area contributed by atoms with Crippen molar-refractivity contribution >= 4 is 59.9 Å². The zero-order valence-electron chi connectivity index (χ0n) is 30.6. The average Bonchev–Trinajstić information content (AvgIpc) is 3.86. The minimum Gasteiger partial charge on any atom is -0.448 e. The van der Waals surface area contributed by atoms with E-state index in [1.807, 2.05) is 41.7 Å². The van der Waals surface area contributed by atoms with Gasteiger partial charge in [0.25, 0.3) is 0 Å². The molecule has 1 aliphatic rings. The second-order valence-electron chi connectivity index (χ2n) is 14.1. The zero-order valence-corrected chi connectivity index (χ0v) is 32.3. The van der Waals surface area contributed by atoms with E-state index in [9.17, 15) is 0 Å². The second-order valence-corrected chi connectivity index (χ2v) is 16.1.